The zero-order valence-electron chi connectivity index (χ0n) is 13.1. The minimum atomic E-state index is -0.0472. The van der Waals surface area contributed by atoms with Crippen LogP contribution in [0.15, 0.2) is 47.9 Å². The highest BCUT2D eigenvalue weighted by molar-refractivity contribution is 5.87. The van der Waals surface area contributed by atoms with Gasteiger partial charge < -0.3 is 0 Å². The Morgan fingerprint density at radius 3 is 2.83 bits per heavy atom. The van der Waals surface area contributed by atoms with Crippen molar-refractivity contribution in [2.45, 2.75) is 26.3 Å². The highest BCUT2D eigenvalue weighted by Gasteiger charge is 2.23. The van der Waals surface area contributed by atoms with Gasteiger partial charge in [0.15, 0.2) is 0 Å². The average Bonchev–Trinajstić information content (AvgIpc) is 3.26. The number of fused-ring (bicyclic) bond motifs is 1. The van der Waals surface area contributed by atoms with Gasteiger partial charge in [0, 0.05) is 18.8 Å². The van der Waals surface area contributed by atoms with Crippen molar-refractivity contribution in [3.8, 4) is 11.3 Å². The van der Waals surface area contributed by atoms with E-state index in [0.29, 0.717) is 12.5 Å². The van der Waals surface area contributed by atoms with Crippen LogP contribution in [0.3, 0.4) is 0 Å². The Balaban J connectivity index is 1.92. The van der Waals surface area contributed by atoms with Gasteiger partial charge in [-0.15, -0.1) is 0 Å². The van der Waals surface area contributed by atoms with Crippen molar-refractivity contribution in [2.24, 2.45) is 5.92 Å². The number of rotatable bonds is 4. The molecule has 0 bridgehead atoms. The van der Waals surface area contributed by atoms with Gasteiger partial charge in [-0.05, 0) is 49.5 Å². The fourth-order valence-corrected chi connectivity index (χ4v) is 2.81. The van der Waals surface area contributed by atoms with Crippen LogP contribution in [0.25, 0.3) is 22.3 Å². The molecule has 3 aromatic rings. The molecule has 3 heterocycles. The van der Waals surface area contributed by atoms with E-state index in [-0.39, 0.29) is 5.56 Å². The second-order valence-electron chi connectivity index (χ2n) is 6.22. The van der Waals surface area contributed by atoms with Crippen molar-refractivity contribution < 1.29 is 0 Å². The topological polar surface area (TPSA) is 52.2 Å². The van der Waals surface area contributed by atoms with E-state index in [2.05, 4.69) is 16.8 Å². The molecule has 0 N–H and O–H groups in total. The summed E-state index contributed by atoms with van der Waals surface area (Å²) in [5.41, 5.74) is 4.32. The maximum absolute atomic E-state index is 12.0. The number of pyridine rings is 1. The Kier molecular flexibility index (Phi) is 3.15. The number of hydrogen-bond acceptors (Lipinski definition) is 3. The molecule has 1 fully saturated rings. The lowest BCUT2D eigenvalue weighted by Crippen LogP contribution is -2.23. The summed E-state index contributed by atoms with van der Waals surface area (Å²) < 4.78 is 3.42. The molecule has 0 unspecified atom stereocenters. The van der Waals surface area contributed by atoms with Gasteiger partial charge in [-0.2, -0.15) is 10.2 Å². The van der Waals surface area contributed by atoms with E-state index in [0.717, 1.165) is 28.0 Å². The quantitative estimate of drug-likeness (QED) is 0.744. The van der Waals surface area contributed by atoms with E-state index in [1.165, 1.54) is 12.8 Å². The van der Waals surface area contributed by atoms with E-state index in [1.807, 2.05) is 35.8 Å². The highest BCUT2D eigenvalue weighted by atomic mass is 16.1. The molecule has 1 aliphatic carbocycles. The van der Waals surface area contributed by atoms with Crippen molar-refractivity contribution in [3.05, 3.63) is 59.2 Å². The maximum Gasteiger partial charge on any atom is 0.266 e. The smallest absolute Gasteiger partial charge is 0.266 e. The molecule has 0 aromatic carbocycles. The molecule has 3 aromatic heterocycles. The SMILES string of the molecule is C=C(C)c1nn2ccccc2c1-c1ccc(=O)n(CC2CC2)n1. The maximum atomic E-state index is 12.0. The third kappa shape index (κ3) is 2.48. The van der Waals surface area contributed by atoms with Crippen molar-refractivity contribution in [1.82, 2.24) is 19.4 Å². The van der Waals surface area contributed by atoms with Crippen LogP contribution in [0.5, 0.6) is 0 Å². The van der Waals surface area contributed by atoms with Gasteiger partial charge in [0.1, 0.15) is 0 Å². The van der Waals surface area contributed by atoms with Crippen molar-refractivity contribution >= 4 is 11.1 Å². The second kappa shape index (κ2) is 5.19. The summed E-state index contributed by atoms with van der Waals surface area (Å²) in [5, 5.41) is 9.20. The average molecular weight is 306 g/mol. The minimum absolute atomic E-state index is 0.0472. The summed E-state index contributed by atoms with van der Waals surface area (Å²) in [4.78, 5) is 12.0. The molecule has 0 atom stereocenters. The summed E-state index contributed by atoms with van der Waals surface area (Å²) in [6, 6.07) is 9.30. The number of allylic oxidation sites excluding steroid dienone is 1. The molecular weight excluding hydrogens is 288 g/mol. The van der Waals surface area contributed by atoms with E-state index in [4.69, 9.17) is 0 Å². The zero-order valence-corrected chi connectivity index (χ0v) is 13.1. The Hall–Kier alpha value is -2.69. The fourth-order valence-electron chi connectivity index (χ4n) is 2.81. The van der Waals surface area contributed by atoms with Crippen LogP contribution in [0, 0.1) is 5.92 Å². The molecule has 0 radical (unpaired) electrons. The molecule has 5 heteroatoms. The predicted molar refractivity (Wildman–Crippen MR) is 90.1 cm³/mol. The largest absolute Gasteiger partial charge is 0.268 e. The van der Waals surface area contributed by atoms with Crippen LogP contribution in [0.1, 0.15) is 25.5 Å². The Labute approximate surface area is 133 Å². The Morgan fingerprint density at radius 1 is 1.26 bits per heavy atom. The first kappa shape index (κ1) is 13.9. The van der Waals surface area contributed by atoms with Crippen LogP contribution in [-0.4, -0.2) is 19.4 Å². The summed E-state index contributed by atoms with van der Waals surface area (Å²) in [6.07, 6.45) is 4.28. The zero-order chi connectivity index (χ0) is 16.0. The lowest BCUT2D eigenvalue weighted by Gasteiger charge is -2.07. The first-order chi connectivity index (χ1) is 11.1. The first-order valence-corrected chi connectivity index (χ1v) is 7.85. The molecule has 0 aliphatic heterocycles. The molecule has 1 aliphatic rings. The first-order valence-electron chi connectivity index (χ1n) is 7.85. The van der Waals surface area contributed by atoms with E-state index < -0.39 is 0 Å². The van der Waals surface area contributed by atoms with Crippen LogP contribution in [0.2, 0.25) is 0 Å². The van der Waals surface area contributed by atoms with Crippen LogP contribution < -0.4 is 5.56 Å². The molecule has 23 heavy (non-hydrogen) atoms. The third-order valence-electron chi connectivity index (χ3n) is 4.20. The molecule has 1 saturated carbocycles. The molecule has 4 rings (SSSR count). The van der Waals surface area contributed by atoms with E-state index >= 15 is 0 Å². The van der Waals surface area contributed by atoms with Gasteiger partial charge in [-0.25, -0.2) is 9.20 Å². The number of aromatic nitrogens is 4. The van der Waals surface area contributed by atoms with Gasteiger partial charge >= 0.3 is 0 Å². The summed E-state index contributed by atoms with van der Waals surface area (Å²) in [7, 11) is 0. The van der Waals surface area contributed by atoms with Gasteiger partial charge in [0.2, 0.25) is 0 Å². The van der Waals surface area contributed by atoms with Crippen molar-refractivity contribution in [1.29, 1.82) is 0 Å². The molecule has 5 nitrogen and oxygen atoms in total. The van der Waals surface area contributed by atoms with Crippen molar-refractivity contribution in [2.75, 3.05) is 0 Å². The summed E-state index contributed by atoms with van der Waals surface area (Å²) in [6.45, 7) is 6.67. The Morgan fingerprint density at radius 2 is 2.09 bits per heavy atom. The van der Waals surface area contributed by atoms with E-state index in [1.54, 1.807) is 16.8 Å². The van der Waals surface area contributed by atoms with E-state index in [9.17, 15) is 4.79 Å². The fraction of sp³-hybridized carbons (Fsp3) is 0.278. The highest BCUT2D eigenvalue weighted by Crippen LogP contribution is 2.32. The third-order valence-corrected chi connectivity index (χ3v) is 4.20. The standard InChI is InChI=1S/C18H18N4O/c1-12(2)18-17(15-5-3-4-10-21(15)20-18)14-8-9-16(23)22(19-14)11-13-6-7-13/h3-5,8-10,13H,1,6-7,11H2,2H3. The van der Waals surface area contributed by atoms with Gasteiger partial charge in [-0.3, -0.25) is 4.79 Å². The van der Waals surface area contributed by atoms with Gasteiger partial charge in [-0.1, -0.05) is 12.6 Å². The molecule has 0 spiro atoms. The molecule has 0 saturated heterocycles. The molecule has 116 valence electrons. The molecular formula is C18H18N4O. The van der Waals surface area contributed by atoms with Crippen LogP contribution >= 0.6 is 0 Å². The van der Waals surface area contributed by atoms with Crippen LogP contribution in [-0.2, 0) is 6.54 Å². The second-order valence-corrected chi connectivity index (χ2v) is 6.22. The lowest BCUT2D eigenvalue weighted by molar-refractivity contribution is 0.536. The number of nitrogens with zero attached hydrogens (tertiary/aromatic N) is 4. The number of hydrogen-bond donors (Lipinski definition) is 0. The Bertz CT molecular complexity index is 963. The van der Waals surface area contributed by atoms with Gasteiger partial charge in [0.25, 0.3) is 5.56 Å². The normalized spacial score (nSPS) is 14.3. The summed E-state index contributed by atoms with van der Waals surface area (Å²) >= 11 is 0. The van der Waals surface area contributed by atoms with Gasteiger partial charge in [0.05, 0.1) is 22.5 Å². The molecule has 0 amide bonds. The van der Waals surface area contributed by atoms with Crippen LogP contribution in [0.4, 0.5) is 0 Å². The monoisotopic (exact) mass is 306 g/mol. The minimum Gasteiger partial charge on any atom is -0.268 e. The lowest BCUT2D eigenvalue weighted by atomic mass is 10.1. The van der Waals surface area contributed by atoms with Crippen molar-refractivity contribution in [3.63, 3.8) is 0 Å². The predicted octanol–water partition coefficient (Wildman–Crippen LogP) is 3.00. The summed E-state index contributed by atoms with van der Waals surface area (Å²) in [5.74, 6) is 0.597.